The SMILES string of the molecule is COc1ccc(Br)cc1/C=C1N=C(/C=C/c2ccc(Cl)cc2)OC/1=O. The number of esters is 1. The van der Waals surface area contributed by atoms with E-state index in [2.05, 4.69) is 20.9 Å². The summed E-state index contributed by atoms with van der Waals surface area (Å²) in [6.07, 6.45) is 5.07. The van der Waals surface area contributed by atoms with Gasteiger partial charge in [-0.05, 0) is 48.0 Å². The van der Waals surface area contributed by atoms with Gasteiger partial charge in [-0.15, -0.1) is 0 Å². The van der Waals surface area contributed by atoms with E-state index < -0.39 is 5.97 Å². The van der Waals surface area contributed by atoms with Crippen molar-refractivity contribution in [1.82, 2.24) is 0 Å². The van der Waals surface area contributed by atoms with Gasteiger partial charge in [0.1, 0.15) is 5.75 Å². The molecule has 0 aromatic heterocycles. The minimum atomic E-state index is -0.502. The molecule has 0 bridgehead atoms. The van der Waals surface area contributed by atoms with Crippen molar-refractivity contribution < 1.29 is 14.3 Å². The van der Waals surface area contributed by atoms with E-state index >= 15 is 0 Å². The van der Waals surface area contributed by atoms with Gasteiger partial charge in [-0.25, -0.2) is 9.79 Å². The molecule has 3 rings (SSSR count). The van der Waals surface area contributed by atoms with Gasteiger partial charge in [0.2, 0.25) is 5.90 Å². The van der Waals surface area contributed by atoms with Crippen LogP contribution in [0.15, 0.2) is 63.7 Å². The molecule has 6 heteroatoms. The van der Waals surface area contributed by atoms with Crippen molar-refractivity contribution in [2.24, 2.45) is 4.99 Å². The summed E-state index contributed by atoms with van der Waals surface area (Å²) in [5, 5.41) is 0.662. The average molecular weight is 419 g/mol. The van der Waals surface area contributed by atoms with E-state index in [0.717, 1.165) is 15.6 Å². The molecule has 0 amide bonds. The Labute approximate surface area is 158 Å². The number of carbonyl (C=O) groups excluding carboxylic acids is 1. The summed E-state index contributed by atoms with van der Waals surface area (Å²) in [7, 11) is 1.57. The third-order valence-electron chi connectivity index (χ3n) is 3.41. The van der Waals surface area contributed by atoms with Gasteiger partial charge in [-0.3, -0.25) is 0 Å². The van der Waals surface area contributed by atoms with Crippen molar-refractivity contribution in [1.29, 1.82) is 0 Å². The molecule has 0 unspecified atom stereocenters. The Balaban J connectivity index is 1.85. The predicted molar refractivity (Wildman–Crippen MR) is 103 cm³/mol. The maximum absolute atomic E-state index is 12.0. The first-order valence-electron chi connectivity index (χ1n) is 7.35. The van der Waals surface area contributed by atoms with Crippen LogP contribution in [-0.2, 0) is 9.53 Å². The van der Waals surface area contributed by atoms with E-state index in [-0.39, 0.29) is 11.6 Å². The van der Waals surface area contributed by atoms with Gasteiger partial charge in [0.15, 0.2) is 5.70 Å². The maximum atomic E-state index is 12.0. The van der Waals surface area contributed by atoms with E-state index in [0.29, 0.717) is 10.8 Å². The normalized spacial score (nSPS) is 15.6. The lowest BCUT2D eigenvalue weighted by atomic mass is 10.1. The molecule has 0 atom stereocenters. The summed E-state index contributed by atoms with van der Waals surface area (Å²) >= 11 is 9.25. The van der Waals surface area contributed by atoms with Crippen LogP contribution in [0.2, 0.25) is 5.02 Å². The van der Waals surface area contributed by atoms with Crippen LogP contribution in [0, 0.1) is 0 Å². The monoisotopic (exact) mass is 417 g/mol. The highest BCUT2D eigenvalue weighted by Crippen LogP contribution is 2.27. The minimum absolute atomic E-state index is 0.215. The summed E-state index contributed by atoms with van der Waals surface area (Å²) in [5.41, 5.74) is 1.87. The Bertz CT molecular complexity index is 901. The van der Waals surface area contributed by atoms with Crippen molar-refractivity contribution >= 4 is 51.5 Å². The van der Waals surface area contributed by atoms with Crippen molar-refractivity contribution in [2.45, 2.75) is 0 Å². The molecular weight excluding hydrogens is 406 g/mol. The number of carbonyl (C=O) groups is 1. The van der Waals surface area contributed by atoms with Crippen LogP contribution in [0.5, 0.6) is 5.75 Å². The van der Waals surface area contributed by atoms with Crippen LogP contribution in [-0.4, -0.2) is 19.0 Å². The summed E-state index contributed by atoms with van der Waals surface area (Å²) in [4.78, 5) is 16.2. The Morgan fingerprint density at radius 1 is 1.16 bits per heavy atom. The largest absolute Gasteiger partial charge is 0.496 e. The molecule has 0 aliphatic carbocycles. The number of methoxy groups -OCH3 is 1. The number of cyclic esters (lactones) is 1. The average Bonchev–Trinajstić information content (AvgIpc) is 2.94. The zero-order valence-electron chi connectivity index (χ0n) is 13.2. The first-order valence-corrected chi connectivity index (χ1v) is 8.52. The molecule has 2 aromatic rings. The van der Waals surface area contributed by atoms with Gasteiger partial charge in [-0.1, -0.05) is 39.7 Å². The highest BCUT2D eigenvalue weighted by Gasteiger charge is 2.21. The molecular formula is C19H13BrClNO3. The van der Waals surface area contributed by atoms with Gasteiger partial charge in [0.05, 0.1) is 7.11 Å². The molecule has 0 saturated carbocycles. The van der Waals surface area contributed by atoms with E-state index in [1.807, 2.05) is 30.3 Å². The predicted octanol–water partition coefficient (Wildman–Crippen LogP) is 5.12. The zero-order chi connectivity index (χ0) is 17.8. The second-order valence-corrected chi connectivity index (χ2v) is 6.49. The fourth-order valence-electron chi connectivity index (χ4n) is 2.20. The standard InChI is InChI=1S/C19H13BrClNO3/c1-24-17-8-5-14(20)10-13(17)11-16-19(23)25-18(22-16)9-4-12-2-6-15(21)7-3-12/h2-11H,1H3/b9-4+,16-11+. The van der Waals surface area contributed by atoms with Gasteiger partial charge >= 0.3 is 5.97 Å². The summed E-state index contributed by atoms with van der Waals surface area (Å²) in [5.74, 6) is 0.377. The van der Waals surface area contributed by atoms with Crippen LogP contribution < -0.4 is 4.74 Å². The number of aliphatic imine (C=N–C) groups is 1. The molecule has 4 nitrogen and oxygen atoms in total. The van der Waals surface area contributed by atoms with E-state index in [1.165, 1.54) is 0 Å². The number of ether oxygens (including phenoxy) is 2. The first-order chi connectivity index (χ1) is 12.0. The van der Waals surface area contributed by atoms with Crippen LogP contribution in [0.25, 0.3) is 12.2 Å². The molecule has 0 radical (unpaired) electrons. The quantitative estimate of drug-likeness (QED) is 0.511. The first kappa shape index (κ1) is 17.5. The molecule has 0 spiro atoms. The van der Waals surface area contributed by atoms with Crippen LogP contribution in [0.4, 0.5) is 0 Å². The van der Waals surface area contributed by atoms with Crippen molar-refractivity contribution in [2.75, 3.05) is 7.11 Å². The fourth-order valence-corrected chi connectivity index (χ4v) is 2.71. The summed E-state index contributed by atoms with van der Waals surface area (Å²) in [6.45, 7) is 0. The van der Waals surface area contributed by atoms with E-state index in [9.17, 15) is 4.79 Å². The van der Waals surface area contributed by atoms with Crippen LogP contribution in [0.1, 0.15) is 11.1 Å². The molecule has 25 heavy (non-hydrogen) atoms. The van der Waals surface area contributed by atoms with E-state index in [4.69, 9.17) is 21.1 Å². The smallest absolute Gasteiger partial charge is 0.363 e. The maximum Gasteiger partial charge on any atom is 0.363 e. The van der Waals surface area contributed by atoms with Gasteiger partial charge in [0, 0.05) is 21.1 Å². The molecule has 1 aliphatic heterocycles. The third-order valence-corrected chi connectivity index (χ3v) is 4.15. The Kier molecular flexibility index (Phi) is 5.36. The molecule has 0 saturated heterocycles. The second kappa shape index (κ2) is 7.68. The summed E-state index contributed by atoms with van der Waals surface area (Å²) in [6, 6.07) is 12.8. The molecule has 0 N–H and O–H groups in total. The number of rotatable bonds is 4. The topological polar surface area (TPSA) is 47.9 Å². The molecule has 1 heterocycles. The van der Waals surface area contributed by atoms with Gasteiger partial charge in [-0.2, -0.15) is 0 Å². The highest BCUT2D eigenvalue weighted by molar-refractivity contribution is 9.10. The Morgan fingerprint density at radius 3 is 2.64 bits per heavy atom. The third kappa shape index (κ3) is 4.38. The number of hydrogen-bond acceptors (Lipinski definition) is 4. The van der Waals surface area contributed by atoms with Crippen molar-refractivity contribution in [3.63, 3.8) is 0 Å². The zero-order valence-corrected chi connectivity index (χ0v) is 15.5. The molecule has 2 aromatic carbocycles. The highest BCUT2D eigenvalue weighted by atomic mass is 79.9. The number of nitrogens with zero attached hydrogens (tertiary/aromatic N) is 1. The van der Waals surface area contributed by atoms with Crippen molar-refractivity contribution in [3.8, 4) is 5.75 Å². The van der Waals surface area contributed by atoms with Crippen LogP contribution >= 0.6 is 27.5 Å². The lowest BCUT2D eigenvalue weighted by Gasteiger charge is -2.04. The Hall–Kier alpha value is -2.37. The van der Waals surface area contributed by atoms with Gasteiger partial charge in [0.25, 0.3) is 0 Å². The minimum Gasteiger partial charge on any atom is -0.496 e. The number of hydrogen-bond donors (Lipinski definition) is 0. The fraction of sp³-hybridized carbons (Fsp3) is 0.0526. The Morgan fingerprint density at radius 2 is 1.92 bits per heavy atom. The number of halogens is 2. The summed E-state index contributed by atoms with van der Waals surface area (Å²) < 4.78 is 11.3. The van der Waals surface area contributed by atoms with E-state index in [1.54, 1.807) is 37.5 Å². The van der Waals surface area contributed by atoms with Crippen molar-refractivity contribution in [3.05, 3.63) is 74.9 Å². The lowest BCUT2D eigenvalue weighted by Crippen LogP contribution is -2.01. The lowest BCUT2D eigenvalue weighted by molar-refractivity contribution is -0.129. The second-order valence-electron chi connectivity index (χ2n) is 5.14. The molecule has 1 aliphatic rings. The van der Waals surface area contributed by atoms with Crippen LogP contribution in [0.3, 0.4) is 0 Å². The molecule has 126 valence electrons. The van der Waals surface area contributed by atoms with Gasteiger partial charge < -0.3 is 9.47 Å². The molecule has 0 fully saturated rings. The number of benzene rings is 2.